The third-order valence-corrected chi connectivity index (χ3v) is 0.915. The summed E-state index contributed by atoms with van der Waals surface area (Å²) in [4.78, 5) is 3.69. The molecule has 0 radical (unpaired) electrons. The summed E-state index contributed by atoms with van der Waals surface area (Å²) in [6, 6.07) is 0. The lowest BCUT2D eigenvalue weighted by Gasteiger charge is -2.20. The fourth-order valence-corrected chi connectivity index (χ4v) is 0.631. The van der Waals surface area contributed by atoms with Gasteiger partial charge in [-0.25, -0.2) is 0 Å². The van der Waals surface area contributed by atoms with Crippen molar-refractivity contribution in [1.82, 2.24) is 9.80 Å². The van der Waals surface area contributed by atoms with Gasteiger partial charge in [-0.05, 0) is 0 Å². The third kappa shape index (κ3) is 3.40. The number of guanidine groups is 1. The Kier molecular flexibility index (Phi) is 6.24. The molecule has 0 rings (SSSR count). The molecule has 0 fully saturated rings. The van der Waals surface area contributed by atoms with Crippen LogP contribution in [0.1, 0.15) is 0 Å². The number of nitrogens with two attached hydrogens (primary N) is 1. The van der Waals surface area contributed by atoms with Crippen molar-refractivity contribution in [2.45, 2.75) is 0 Å². The molecule has 0 aromatic carbocycles. The van der Waals surface area contributed by atoms with Crippen LogP contribution in [0.3, 0.4) is 0 Å². The molecule has 5 heteroatoms. The summed E-state index contributed by atoms with van der Waals surface area (Å²) in [5.74, 6) is 5.84. The number of halogens is 1. The Hall–Kier alpha value is -0.640. The van der Waals surface area contributed by atoms with Gasteiger partial charge in [-0.2, -0.15) is 0 Å². The molecule has 0 aromatic rings. The van der Waals surface area contributed by atoms with E-state index >= 15 is 0 Å². The minimum atomic E-state index is 0. The first-order valence-electron chi connectivity index (χ1n) is 2.72. The number of nitrogens with zero attached hydrogens (tertiary/aromatic N) is 3. The van der Waals surface area contributed by atoms with Gasteiger partial charge in [-0.15, -0.1) is 17.5 Å². The summed E-state index contributed by atoms with van der Waals surface area (Å²) in [7, 11) is 7.58. The van der Waals surface area contributed by atoms with Gasteiger partial charge in [-0.1, -0.05) is 0 Å². The van der Waals surface area contributed by atoms with Crippen molar-refractivity contribution in [2.24, 2.45) is 10.9 Å². The van der Waals surface area contributed by atoms with Gasteiger partial charge in [0, 0.05) is 28.2 Å². The minimum Gasteiger partial charge on any atom is -0.347 e. The maximum Gasteiger partial charge on any atom is 0.217 e. The Labute approximate surface area is 68.1 Å². The van der Waals surface area contributed by atoms with Gasteiger partial charge in [0.05, 0.1) is 0 Å². The van der Waals surface area contributed by atoms with Gasteiger partial charge < -0.3 is 15.6 Å². The predicted molar refractivity (Wildman–Crippen MR) is 46.2 cm³/mol. The summed E-state index contributed by atoms with van der Waals surface area (Å²) < 4.78 is 0. The monoisotopic (exact) mass is 166 g/mol. The average molecular weight is 167 g/mol. The average Bonchev–Trinajstić information content (AvgIpc) is 1.64. The summed E-state index contributed by atoms with van der Waals surface area (Å²) >= 11 is 0. The highest BCUT2D eigenvalue weighted by Gasteiger charge is 2.00. The van der Waals surface area contributed by atoms with Crippen LogP contribution in [0.15, 0.2) is 5.10 Å². The lowest BCUT2D eigenvalue weighted by molar-refractivity contribution is 0.480. The van der Waals surface area contributed by atoms with E-state index in [4.69, 9.17) is 5.84 Å². The molecule has 0 amide bonds. The van der Waals surface area contributed by atoms with E-state index in [1.165, 1.54) is 0 Å². The van der Waals surface area contributed by atoms with Gasteiger partial charge in [0.2, 0.25) is 5.96 Å². The maximum absolute atomic E-state index is 5.08. The SMILES string of the molecule is CN(C)C(=NN)N(C)C.Cl. The Morgan fingerprint density at radius 1 is 1.10 bits per heavy atom. The lowest BCUT2D eigenvalue weighted by Crippen LogP contribution is -2.36. The Balaban J connectivity index is 0. The summed E-state index contributed by atoms with van der Waals surface area (Å²) in [6.45, 7) is 0. The van der Waals surface area contributed by atoms with Crippen molar-refractivity contribution in [3.8, 4) is 0 Å². The van der Waals surface area contributed by atoms with Crippen molar-refractivity contribution in [3.63, 3.8) is 0 Å². The number of hydrazone groups is 1. The first-order valence-corrected chi connectivity index (χ1v) is 2.72. The van der Waals surface area contributed by atoms with Crippen molar-refractivity contribution >= 4 is 18.4 Å². The van der Waals surface area contributed by atoms with E-state index < -0.39 is 0 Å². The van der Waals surface area contributed by atoms with E-state index in [-0.39, 0.29) is 12.4 Å². The van der Waals surface area contributed by atoms with Crippen LogP contribution in [0.5, 0.6) is 0 Å². The Morgan fingerprint density at radius 3 is 1.40 bits per heavy atom. The van der Waals surface area contributed by atoms with Gasteiger partial charge >= 0.3 is 0 Å². The molecule has 0 aliphatic carbocycles. The smallest absolute Gasteiger partial charge is 0.217 e. The second kappa shape index (κ2) is 5.17. The fraction of sp³-hybridized carbons (Fsp3) is 0.800. The van der Waals surface area contributed by atoms with Crippen molar-refractivity contribution in [1.29, 1.82) is 0 Å². The molecule has 62 valence electrons. The van der Waals surface area contributed by atoms with Crippen LogP contribution in [0, 0.1) is 0 Å². The van der Waals surface area contributed by atoms with Crippen LogP contribution in [-0.2, 0) is 0 Å². The van der Waals surface area contributed by atoms with Gasteiger partial charge in [-0.3, -0.25) is 0 Å². The van der Waals surface area contributed by atoms with E-state index in [1.54, 1.807) is 0 Å². The molecule has 0 saturated heterocycles. The van der Waals surface area contributed by atoms with Crippen LogP contribution in [-0.4, -0.2) is 44.0 Å². The van der Waals surface area contributed by atoms with Crippen LogP contribution < -0.4 is 5.84 Å². The van der Waals surface area contributed by atoms with Crippen LogP contribution in [0.4, 0.5) is 0 Å². The Morgan fingerprint density at radius 2 is 1.40 bits per heavy atom. The molecule has 0 unspecified atom stereocenters. The first-order chi connectivity index (χ1) is 4.09. The first kappa shape index (κ1) is 12.1. The molecule has 0 aliphatic rings. The third-order valence-electron chi connectivity index (χ3n) is 0.915. The molecular formula is C5H15ClN4. The van der Waals surface area contributed by atoms with Crippen molar-refractivity contribution in [3.05, 3.63) is 0 Å². The second-order valence-electron chi connectivity index (χ2n) is 2.22. The summed E-state index contributed by atoms with van der Waals surface area (Å²) in [5.41, 5.74) is 0. The van der Waals surface area contributed by atoms with Crippen LogP contribution in [0.2, 0.25) is 0 Å². The van der Waals surface area contributed by atoms with Crippen LogP contribution in [0.25, 0.3) is 0 Å². The number of hydrogen-bond acceptors (Lipinski definition) is 2. The number of rotatable bonds is 0. The normalized spacial score (nSPS) is 7.60. The quantitative estimate of drug-likeness (QED) is 0.234. The Bertz CT molecular complexity index is 100. The zero-order valence-electron chi connectivity index (χ0n) is 6.83. The molecule has 0 spiro atoms. The lowest BCUT2D eigenvalue weighted by atomic mass is 10.7. The minimum absolute atomic E-state index is 0. The highest BCUT2D eigenvalue weighted by molar-refractivity contribution is 5.85. The molecule has 0 saturated carbocycles. The van der Waals surface area contributed by atoms with E-state index in [0.29, 0.717) is 0 Å². The molecule has 0 aliphatic heterocycles. The topological polar surface area (TPSA) is 44.9 Å². The van der Waals surface area contributed by atoms with E-state index in [9.17, 15) is 0 Å². The molecule has 0 heterocycles. The van der Waals surface area contributed by atoms with Crippen LogP contribution >= 0.6 is 12.4 Å². The predicted octanol–water partition coefficient (Wildman–Crippen LogP) is -0.239. The molecular weight excluding hydrogens is 152 g/mol. The largest absolute Gasteiger partial charge is 0.347 e. The zero-order valence-corrected chi connectivity index (χ0v) is 7.64. The maximum atomic E-state index is 5.08. The second-order valence-corrected chi connectivity index (χ2v) is 2.22. The van der Waals surface area contributed by atoms with Gasteiger partial charge in [0.15, 0.2) is 0 Å². The fourth-order valence-electron chi connectivity index (χ4n) is 0.631. The summed E-state index contributed by atoms with van der Waals surface area (Å²) in [6.07, 6.45) is 0. The molecule has 0 bridgehead atoms. The summed E-state index contributed by atoms with van der Waals surface area (Å²) in [5, 5.41) is 3.56. The highest BCUT2D eigenvalue weighted by atomic mass is 35.5. The number of hydrogen-bond donors (Lipinski definition) is 1. The molecule has 10 heavy (non-hydrogen) atoms. The van der Waals surface area contributed by atoms with Gasteiger partial charge in [0.1, 0.15) is 0 Å². The van der Waals surface area contributed by atoms with E-state index in [2.05, 4.69) is 5.10 Å². The van der Waals surface area contributed by atoms with E-state index in [0.717, 1.165) is 5.96 Å². The van der Waals surface area contributed by atoms with E-state index in [1.807, 2.05) is 38.0 Å². The standard InChI is InChI=1S/C5H14N4.ClH/c1-8(2)5(7-6)9(3)4;/h6H2,1-4H3;1H. The zero-order chi connectivity index (χ0) is 7.44. The molecule has 0 aromatic heterocycles. The highest BCUT2D eigenvalue weighted by Crippen LogP contribution is 1.83. The van der Waals surface area contributed by atoms with Crippen molar-refractivity contribution in [2.75, 3.05) is 28.2 Å². The molecule has 2 N–H and O–H groups in total. The van der Waals surface area contributed by atoms with Gasteiger partial charge in [0.25, 0.3) is 0 Å². The van der Waals surface area contributed by atoms with Crippen molar-refractivity contribution < 1.29 is 0 Å². The molecule has 0 atom stereocenters. The molecule has 4 nitrogen and oxygen atoms in total.